The molecule has 1 N–H and O–H groups in total. The number of likely N-dealkylation sites (N-methyl/N-ethyl adjacent to an activating group) is 1. The van der Waals surface area contributed by atoms with Crippen LogP contribution in [0.25, 0.3) is 0 Å². The fourth-order valence-electron chi connectivity index (χ4n) is 2.61. The van der Waals surface area contributed by atoms with E-state index in [1.54, 1.807) is 14.0 Å². The van der Waals surface area contributed by atoms with E-state index in [1.165, 1.54) is 23.1 Å². The topological polar surface area (TPSA) is 88.3 Å². The van der Waals surface area contributed by atoms with Crippen LogP contribution in [0.2, 0.25) is 0 Å². The van der Waals surface area contributed by atoms with Crippen LogP contribution in [0.15, 0.2) is 22.7 Å². The largest absolute Gasteiger partial charge is 0.340 e. The lowest BCUT2D eigenvalue weighted by Gasteiger charge is -2.28. The van der Waals surface area contributed by atoms with Gasteiger partial charge in [-0.2, -0.15) is 4.98 Å². The highest BCUT2D eigenvalue weighted by molar-refractivity contribution is 6.01. The first kappa shape index (κ1) is 15.1. The van der Waals surface area contributed by atoms with Gasteiger partial charge in [-0.1, -0.05) is 5.16 Å². The standard InChI is InChI=1S/C15H15FN4O3/c1-8-17-13(19-23-8)7-20(2)15(22)11-6-14(21)18-12-4-3-9(16)5-10(11)12/h3-5,11H,6-7H2,1-2H3,(H,18,21)/t11-/m0/s1. The van der Waals surface area contributed by atoms with Gasteiger partial charge in [0.05, 0.1) is 12.5 Å². The first-order valence-corrected chi connectivity index (χ1v) is 7.07. The van der Waals surface area contributed by atoms with Gasteiger partial charge in [-0.25, -0.2) is 4.39 Å². The lowest BCUT2D eigenvalue weighted by molar-refractivity contribution is -0.134. The van der Waals surface area contributed by atoms with Crippen LogP contribution in [-0.2, 0) is 16.1 Å². The molecule has 0 aliphatic carbocycles. The normalized spacial score (nSPS) is 16.7. The number of hydrogen-bond donors (Lipinski definition) is 1. The van der Waals surface area contributed by atoms with Crippen molar-refractivity contribution in [3.8, 4) is 0 Å². The SMILES string of the molecule is Cc1nc(CN(C)C(=O)[C@H]2CC(=O)Nc3ccc(F)cc32)no1. The number of hydrogen-bond acceptors (Lipinski definition) is 5. The van der Waals surface area contributed by atoms with Crippen LogP contribution in [0, 0.1) is 12.7 Å². The Morgan fingerprint density at radius 2 is 2.30 bits per heavy atom. The first-order valence-electron chi connectivity index (χ1n) is 7.07. The van der Waals surface area contributed by atoms with Crippen molar-refractivity contribution in [1.82, 2.24) is 15.0 Å². The quantitative estimate of drug-likeness (QED) is 0.928. The van der Waals surface area contributed by atoms with E-state index in [2.05, 4.69) is 15.5 Å². The van der Waals surface area contributed by atoms with Crippen molar-refractivity contribution in [2.45, 2.75) is 25.8 Å². The maximum Gasteiger partial charge on any atom is 0.230 e. The molecule has 0 radical (unpaired) electrons. The van der Waals surface area contributed by atoms with Gasteiger partial charge >= 0.3 is 0 Å². The molecular formula is C15H15FN4O3. The van der Waals surface area contributed by atoms with Crippen LogP contribution in [0.4, 0.5) is 10.1 Å². The molecule has 1 aromatic carbocycles. The molecule has 0 fully saturated rings. The molecule has 0 saturated heterocycles. The summed E-state index contributed by atoms with van der Waals surface area (Å²) in [5, 5.41) is 6.39. The van der Waals surface area contributed by atoms with Crippen molar-refractivity contribution in [3.05, 3.63) is 41.3 Å². The van der Waals surface area contributed by atoms with Crippen molar-refractivity contribution in [2.75, 3.05) is 12.4 Å². The van der Waals surface area contributed by atoms with Crippen molar-refractivity contribution in [2.24, 2.45) is 0 Å². The van der Waals surface area contributed by atoms with Gasteiger partial charge in [-0.15, -0.1) is 0 Å². The minimum absolute atomic E-state index is 0.0229. The molecule has 2 amide bonds. The average molecular weight is 318 g/mol. The molecule has 0 bridgehead atoms. The smallest absolute Gasteiger partial charge is 0.230 e. The molecule has 3 rings (SSSR count). The fourth-order valence-corrected chi connectivity index (χ4v) is 2.61. The van der Waals surface area contributed by atoms with Gasteiger partial charge in [0.15, 0.2) is 5.82 Å². The van der Waals surface area contributed by atoms with Gasteiger partial charge in [0.1, 0.15) is 5.82 Å². The number of halogens is 1. The fraction of sp³-hybridized carbons (Fsp3) is 0.333. The van der Waals surface area contributed by atoms with Gasteiger partial charge in [0.25, 0.3) is 0 Å². The van der Waals surface area contributed by atoms with Crippen LogP contribution >= 0.6 is 0 Å². The van der Waals surface area contributed by atoms with E-state index < -0.39 is 11.7 Å². The van der Waals surface area contributed by atoms with Crippen LogP contribution in [0.5, 0.6) is 0 Å². The summed E-state index contributed by atoms with van der Waals surface area (Å²) in [6.07, 6.45) is -0.0229. The van der Waals surface area contributed by atoms with Crippen molar-refractivity contribution in [1.29, 1.82) is 0 Å². The molecule has 0 saturated carbocycles. The summed E-state index contributed by atoms with van der Waals surface area (Å²) in [6.45, 7) is 1.81. The van der Waals surface area contributed by atoms with Gasteiger partial charge in [0.2, 0.25) is 17.7 Å². The van der Waals surface area contributed by atoms with E-state index >= 15 is 0 Å². The molecule has 7 nitrogen and oxygen atoms in total. The van der Waals surface area contributed by atoms with Crippen LogP contribution in [0.3, 0.4) is 0 Å². The number of carbonyl (C=O) groups is 2. The van der Waals surface area contributed by atoms with Crippen LogP contribution in [-0.4, -0.2) is 33.9 Å². The summed E-state index contributed by atoms with van der Waals surface area (Å²) in [4.78, 5) is 29.9. The van der Waals surface area contributed by atoms with Gasteiger partial charge < -0.3 is 14.7 Å². The third-order valence-corrected chi connectivity index (χ3v) is 3.68. The molecule has 2 heterocycles. The number of amides is 2. The second kappa shape index (κ2) is 5.79. The predicted molar refractivity (Wildman–Crippen MR) is 77.9 cm³/mol. The number of aryl methyl sites for hydroxylation is 1. The second-order valence-electron chi connectivity index (χ2n) is 5.46. The number of anilines is 1. The van der Waals surface area contributed by atoms with Crippen molar-refractivity contribution >= 4 is 17.5 Å². The summed E-state index contributed by atoms with van der Waals surface area (Å²) < 4.78 is 18.4. The summed E-state index contributed by atoms with van der Waals surface area (Å²) in [6, 6.07) is 3.99. The molecule has 0 unspecified atom stereocenters. The lowest BCUT2D eigenvalue weighted by Crippen LogP contribution is -2.36. The zero-order valence-electron chi connectivity index (χ0n) is 12.7. The highest BCUT2D eigenvalue weighted by Crippen LogP contribution is 2.34. The Kier molecular flexibility index (Phi) is 3.81. The molecular weight excluding hydrogens is 303 g/mol. The molecule has 0 spiro atoms. The summed E-state index contributed by atoms with van der Waals surface area (Å²) in [5.41, 5.74) is 0.940. The minimum Gasteiger partial charge on any atom is -0.340 e. The summed E-state index contributed by atoms with van der Waals surface area (Å²) in [5.74, 6) is -0.967. The lowest BCUT2D eigenvalue weighted by atomic mass is 9.89. The minimum atomic E-state index is -0.729. The third kappa shape index (κ3) is 3.05. The summed E-state index contributed by atoms with van der Waals surface area (Å²) >= 11 is 0. The number of rotatable bonds is 3. The monoisotopic (exact) mass is 318 g/mol. The third-order valence-electron chi connectivity index (χ3n) is 3.68. The Bertz CT molecular complexity index is 774. The Morgan fingerprint density at radius 1 is 1.52 bits per heavy atom. The van der Waals surface area contributed by atoms with Crippen LogP contribution < -0.4 is 5.32 Å². The number of carbonyl (C=O) groups excluding carboxylic acids is 2. The van der Waals surface area contributed by atoms with Gasteiger partial charge in [-0.05, 0) is 23.8 Å². The van der Waals surface area contributed by atoms with E-state index in [4.69, 9.17) is 4.52 Å². The Balaban J connectivity index is 1.84. The Morgan fingerprint density at radius 3 is 3.00 bits per heavy atom. The Labute approximate surface area is 131 Å². The highest BCUT2D eigenvalue weighted by atomic mass is 19.1. The zero-order valence-corrected chi connectivity index (χ0v) is 12.7. The van der Waals surface area contributed by atoms with Crippen LogP contribution in [0.1, 0.15) is 29.6 Å². The van der Waals surface area contributed by atoms with Crippen molar-refractivity contribution in [3.63, 3.8) is 0 Å². The molecule has 1 atom stereocenters. The van der Waals surface area contributed by atoms with Gasteiger partial charge in [-0.3, -0.25) is 9.59 Å². The number of benzene rings is 1. The number of fused-ring (bicyclic) bond motifs is 1. The molecule has 2 aromatic rings. The zero-order chi connectivity index (χ0) is 16.6. The Hall–Kier alpha value is -2.77. The number of nitrogens with zero attached hydrogens (tertiary/aromatic N) is 3. The van der Waals surface area contributed by atoms with Gasteiger partial charge in [0, 0.05) is 26.1 Å². The first-order chi connectivity index (χ1) is 10.9. The van der Waals surface area contributed by atoms with Crippen molar-refractivity contribution < 1.29 is 18.5 Å². The predicted octanol–water partition coefficient (Wildman–Crippen LogP) is 1.60. The molecule has 8 heteroatoms. The maximum atomic E-state index is 13.5. The van der Waals surface area contributed by atoms with E-state index in [0.29, 0.717) is 23.0 Å². The number of aromatic nitrogens is 2. The average Bonchev–Trinajstić information content (AvgIpc) is 2.91. The molecule has 120 valence electrons. The van der Waals surface area contributed by atoms with E-state index in [1.807, 2.05) is 0 Å². The molecule has 1 aliphatic rings. The highest BCUT2D eigenvalue weighted by Gasteiger charge is 2.33. The summed E-state index contributed by atoms with van der Waals surface area (Å²) in [7, 11) is 1.58. The van der Waals surface area contributed by atoms with E-state index in [9.17, 15) is 14.0 Å². The van der Waals surface area contributed by atoms with E-state index in [-0.39, 0.29) is 24.8 Å². The molecule has 1 aromatic heterocycles. The molecule has 1 aliphatic heterocycles. The number of nitrogens with one attached hydrogen (secondary N) is 1. The van der Waals surface area contributed by atoms with E-state index in [0.717, 1.165) is 0 Å². The second-order valence-corrected chi connectivity index (χ2v) is 5.46. The molecule has 23 heavy (non-hydrogen) atoms. The maximum absolute atomic E-state index is 13.5.